The molecular formula is C24H28F2N4O2. The first kappa shape index (κ1) is 23.4. The first-order valence-corrected chi connectivity index (χ1v) is 10.6. The van der Waals surface area contributed by atoms with Gasteiger partial charge in [-0.15, -0.1) is 0 Å². The third kappa shape index (κ3) is 7.77. The van der Waals surface area contributed by atoms with E-state index in [0.717, 1.165) is 31.3 Å². The Balaban J connectivity index is 1.42. The molecule has 1 aliphatic heterocycles. The van der Waals surface area contributed by atoms with Gasteiger partial charge in [-0.05, 0) is 42.8 Å². The zero-order valence-corrected chi connectivity index (χ0v) is 18.1. The Morgan fingerprint density at radius 2 is 2.00 bits per heavy atom. The van der Waals surface area contributed by atoms with Crippen LogP contribution in [0.3, 0.4) is 0 Å². The van der Waals surface area contributed by atoms with Crippen LogP contribution < -0.4 is 10.1 Å². The number of ether oxygens (including phenoxy) is 1. The van der Waals surface area contributed by atoms with Crippen LogP contribution in [0.15, 0.2) is 72.6 Å². The van der Waals surface area contributed by atoms with Crippen LogP contribution in [0.1, 0.15) is 18.9 Å². The van der Waals surface area contributed by atoms with E-state index in [1.807, 2.05) is 30.3 Å². The molecule has 3 rings (SSSR count). The van der Waals surface area contributed by atoms with Crippen molar-refractivity contribution in [3.8, 4) is 5.75 Å². The van der Waals surface area contributed by atoms with Crippen molar-refractivity contribution in [2.24, 2.45) is 0 Å². The van der Waals surface area contributed by atoms with Gasteiger partial charge in [0.1, 0.15) is 11.6 Å². The Kier molecular flexibility index (Phi) is 8.74. The molecule has 0 aliphatic carbocycles. The van der Waals surface area contributed by atoms with Crippen LogP contribution in [0.5, 0.6) is 5.75 Å². The summed E-state index contributed by atoms with van der Waals surface area (Å²) in [5.74, 6) is -0.457. The zero-order chi connectivity index (χ0) is 22.8. The Labute approximate surface area is 187 Å². The van der Waals surface area contributed by atoms with Gasteiger partial charge in [0, 0.05) is 51.4 Å². The number of aromatic nitrogens is 1. The molecule has 0 saturated carbocycles. The fraction of sp³-hybridized carbons (Fsp3) is 0.333. The average molecular weight is 443 g/mol. The number of hydrogen-bond donors (Lipinski definition) is 1. The Morgan fingerprint density at radius 3 is 2.72 bits per heavy atom. The topological polar surface area (TPSA) is 57.7 Å². The third-order valence-corrected chi connectivity index (χ3v) is 4.94. The summed E-state index contributed by atoms with van der Waals surface area (Å²) in [5.41, 5.74) is 1.79. The molecule has 2 aromatic rings. The molecule has 170 valence electrons. The van der Waals surface area contributed by atoms with E-state index >= 15 is 0 Å². The number of pyridine rings is 1. The SMILES string of the molecule is C/C(F)=C\C(F)=C/CCOc1cccc(CN2CCN(C(=O)Nc3cccnc3)CC2)c1. The fourth-order valence-corrected chi connectivity index (χ4v) is 3.36. The second-order valence-electron chi connectivity index (χ2n) is 7.54. The highest BCUT2D eigenvalue weighted by atomic mass is 19.1. The second-order valence-corrected chi connectivity index (χ2v) is 7.54. The molecule has 1 aromatic heterocycles. The number of carbonyl (C=O) groups is 1. The number of urea groups is 1. The number of allylic oxidation sites excluding steroid dienone is 3. The minimum atomic E-state index is -0.601. The summed E-state index contributed by atoms with van der Waals surface area (Å²) in [6.07, 6.45) is 5.79. The lowest BCUT2D eigenvalue weighted by molar-refractivity contribution is 0.143. The molecule has 1 aromatic carbocycles. The molecular weight excluding hydrogens is 414 g/mol. The normalized spacial score (nSPS) is 15.5. The van der Waals surface area contributed by atoms with Gasteiger partial charge in [-0.3, -0.25) is 9.88 Å². The van der Waals surface area contributed by atoms with Crippen molar-refractivity contribution in [2.45, 2.75) is 19.9 Å². The van der Waals surface area contributed by atoms with Crippen molar-refractivity contribution in [2.75, 3.05) is 38.1 Å². The third-order valence-electron chi connectivity index (χ3n) is 4.94. The molecule has 6 nitrogen and oxygen atoms in total. The zero-order valence-electron chi connectivity index (χ0n) is 18.1. The maximum Gasteiger partial charge on any atom is 0.321 e. The standard InChI is InChI=1S/C24H28F2N4O2/c1-19(25)15-21(26)6-4-14-32-23-8-2-5-20(16-23)18-29-10-12-30(13-11-29)24(31)28-22-7-3-9-27-17-22/h2-3,5-9,15-17H,4,10-14,18H2,1H3,(H,28,31)/b19-15+,21-6+. The number of carbonyl (C=O) groups excluding carboxylic acids is 1. The lowest BCUT2D eigenvalue weighted by Crippen LogP contribution is -2.49. The lowest BCUT2D eigenvalue weighted by atomic mass is 10.2. The largest absolute Gasteiger partial charge is 0.493 e. The van der Waals surface area contributed by atoms with Crippen molar-refractivity contribution in [3.05, 3.63) is 78.2 Å². The maximum absolute atomic E-state index is 13.3. The van der Waals surface area contributed by atoms with Crippen LogP contribution in [0, 0.1) is 0 Å². The van der Waals surface area contributed by atoms with E-state index in [9.17, 15) is 13.6 Å². The fourth-order valence-electron chi connectivity index (χ4n) is 3.36. The van der Waals surface area contributed by atoms with Crippen molar-refractivity contribution < 1.29 is 18.3 Å². The number of rotatable bonds is 8. The van der Waals surface area contributed by atoms with Gasteiger partial charge in [0.25, 0.3) is 0 Å². The Hall–Kier alpha value is -3.26. The van der Waals surface area contributed by atoms with Gasteiger partial charge in [-0.2, -0.15) is 0 Å². The van der Waals surface area contributed by atoms with Gasteiger partial charge in [-0.1, -0.05) is 12.1 Å². The van der Waals surface area contributed by atoms with Gasteiger partial charge in [0.05, 0.1) is 24.3 Å². The Bertz CT molecular complexity index is 938. The predicted molar refractivity (Wildman–Crippen MR) is 121 cm³/mol. The molecule has 2 heterocycles. The van der Waals surface area contributed by atoms with E-state index in [2.05, 4.69) is 15.2 Å². The maximum atomic E-state index is 13.3. The van der Waals surface area contributed by atoms with Crippen LogP contribution in [0.4, 0.5) is 19.3 Å². The number of piperazine rings is 1. The summed E-state index contributed by atoms with van der Waals surface area (Å²) in [4.78, 5) is 20.5. The number of halogens is 2. The molecule has 0 atom stereocenters. The first-order valence-electron chi connectivity index (χ1n) is 10.6. The van der Waals surface area contributed by atoms with Crippen molar-refractivity contribution in [1.29, 1.82) is 0 Å². The highest BCUT2D eigenvalue weighted by molar-refractivity contribution is 5.89. The monoisotopic (exact) mass is 442 g/mol. The molecule has 8 heteroatoms. The number of benzene rings is 1. The van der Waals surface area contributed by atoms with Crippen LogP contribution in [-0.4, -0.2) is 53.6 Å². The number of nitrogens with zero attached hydrogens (tertiary/aromatic N) is 3. The summed E-state index contributed by atoms with van der Waals surface area (Å²) in [5, 5.41) is 2.86. The predicted octanol–water partition coefficient (Wildman–Crippen LogP) is 4.93. The van der Waals surface area contributed by atoms with E-state index in [1.54, 1.807) is 23.4 Å². The van der Waals surface area contributed by atoms with Crippen LogP contribution in [0.2, 0.25) is 0 Å². The van der Waals surface area contributed by atoms with Crippen molar-refractivity contribution in [3.63, 3.8) is 0 Å². The number of amides is 2. The summed E-state index contributed by atoms with van der Waals surface area (Å²) in [6.45, 7) is 5.10. The highest BCUT2D eigenvalue weighted by Gasteiger charge is 2.21. The number of hydrogen-bond acceptors (Lipinski definition) is 4. The summed E-state index contributed by atoms with van der Waals surface area (Å²) in [7, 11) is 0. The molecule has 1 fully saturated rings. The van der Waals surface area contributed by atoms with E-state index < -0.39 is 11.7 Å². The van der Waals surface area contributed by atoms with Gasteiger partial charge in [0.2, 0.25) is 0 Å². The molecule has 2 amide bonds. The van der Waals surface area contributed by atoms with Gasteiger partial charge < -0.3 is 15.0 Å². The van der Waals surface area contributed by atoms with Gasteiger partial charge >= 0.3 is 6.03 Å². The molecule has 32 heavy (non-hydrogen) atoms. The smallest absolute Gasteiger partial charge is 0.321 e. The molecule has 0 bridgehead atoms. The second kappa shape index (κ2) is 12.0. The summed E-state index contributed by atoms with van der Waals surface area (Å²) in [6, 6.07) is 11.3. The van der Waals surface area contributed by atoms with Crippen LogP contribution >= 0.6 is 0 Å². The van der Waals surface area contributed by atoms with E-state index in [4.69, 9.17) is 4.74 Å². The molecule has 0 unspecified atom stereocenters. The highest BCUT2D eigenvalue weighted by Crippen LogP contribution is 2.17. The average Bonchev–Trinajstić information content (AvgIpc) is 2.78. The first-order chi connectivity index (χ1) is 15.5. The van der Waals surface area contributed by atoms with Crippen LogP contribution in [0.25, 0.3) is 0 Å². The molecule has 1 N–H and O–H groups in total. The summed E-state index contributed by atoms with van der Waals surface area (Å²) < 4.78 is 31.7. The van der Waals surface area contributed by atoms with E-state index in [-0.39, 0.29) is 6.03 Å². The Morgan fingerprint density at radius 1 is 1.19 bits per heavy atom. The van der Waals surface area contributed by atoms with Gasteiger partial charge in [0.15, 0.2) is 0 Å². The number of nitrogens with one attached hydrogen (secondary N) is 1. The lowest BCUT2D eigenvalue weighted by Gasteiger charge is -2.34. The van der Waals surface area contributed by atoms with E-state index in [1.165, 1.54) is 13.0 Å². The van der Waals surface area contributed by atoms with Crippen molar-refractivity contribution in [1.82, 2.24) is 14.8 Å². The molecule has 1 saturated heterocycles. The van der Waals surface area contributed by atoms with Gasteiger partial charge in [-0.25, -0.2) is 13.6 Å². The molecule has 0 spiro atoms. The summed E-state index contributed by atoms with van der Waals surface area (Å²) >= 11 is 0. The van der Waals surface area contributed by atoms with E-state index in [0.29, 0.717) is 37.6 Å². The minimum Gasteiger partial charge on any atom is -0.493 e. The number of anilines is 1. The van der Waals surface area contributed by atoms with Crippen LogP contribution in [-0.2, 0) is 6.54 Å². The van der Waals surface area contributed by atoms with Crippen molar-refractivity contribution >= 4 is 11.7 Å². The molecule has 0 radical (unpaired) electrons. The molecule has 1 aliphatic rings. The quantitative estimate of drug-likeness (QED) is 0.465. The minimum absolute atomic E-state index is 0.115.